The van der Waals surface area contributed by atoms with Crippen molar-refractivity contribution in [3.8, 4) is 17.3 Å². The van der Waals surface area contributed by atoms with Crippen LogP contribution in [0.3, 0.4) is 0 Å². The molecule has 0 amide bonds. The number of nitrogens with one attached hydrogen (secondary N) is 2. The number of imidazole rings is 1. The average Bonchev–Trinajstić information content (AvgIpc) is 3.52. The molecule has 164 valence electrons. The molecule has 0 aliphatic carbocycles. The number of para-hydroxylation sites is 1. The highest BCUT2D eigenvalue weighted by atomic mass is 15.4. The van der Waals surface area contributed by atoms with Gasteiger partial charge in [0.1, 0.15) is 17.3 Å². The van der Waals surface area contributed by atoms with Crippen molar-refractivity contribution in [2.24, 2.45) is 0 Å². The molecule has 9 nitrogen and oxygen atoms in total. The van der Waals surface area contributed by atoms with E-state index in [1.165, 1.54) is 6.34 Å². The zero-order valence-corrected chi connectivity index (χ0v) is 18.2. The van der Waals surface area contributed by atoms with Crippen LogP contribution in [-0.4, -0.2) is 48.8 Å². The molecular formula is C24H23N9. The lowest BCUT2D eigenvalue weighted by Crippen LogP contribution is -2.60. The maximum Gasteiger partial charge on any atom is 0.237 e. The second-order valence-corrected chi connectivity index (χ2v) is 8.40. The minimum atomic E-state index is -0.434. The average molecular weight is 438 g/mol. The van der Waals surface area contributed by atoms with Crippen molar-refractivity contribution in [1.29, 1.82) is 10.8 Å². The molecule has 1 saturated heterocycles. The van der Waals surface area contributed by atoms with E-state index in [1.807, 2.05) is 41.2 Å². The first-order valence-electron chi connectivity index (χ1n) is 11.1. The molecule has 9 heteroatoms. The van der Waals surface area contributed by atoms with Gasteiger partial charge in [-0.05, 0) is 31.4 Å². The first-order valence-corrected chi connectivity index (χ1v) is 11.1. The van der Waals surface area contributed by atoms with Gasteiger partial charge in [0, 0.05) is 36.1 Å². The smallest absolute Gasteiger partial charge is 0.237 e. The van der Waals surface area contributed by atoms with Crippen molar-refractivity contribution in [1.82, 2.24) is 24.5 Å². The molecule has 3 aromatic heterocycles. The minimum absolute atomic E-state index is 0.423. The van der Waals surface area contributed by atoms with Crippen molar-refractivity contribution in [2.45, 2.75) is 31.7 Å². The lowest BCUT2D eigenvalue weighted by Gasteiger charge is -2.47. The quantitative estimate of drug-likeness (QED) is 0.368. The third kappa shape index (κ3) is 2.71. The molecule has 0 unspecified atom stereocenters. The van der Waals surface area contributed by atoms with Crippen LogP contribution in [0, 0.1) is 10.8 Å². The molecule has 1 atom stereocenters. The summed E-state index contributed by atoms with van der Waals surface area (Å²) in [5.74, 6) is 2.40. The minimum Gasteiger partial charge on any atom is -0.342 e. The Labute approximate surface area is 190 Å². The van der Waals surface area contributed by atoms with E-state index in [0.29, 0.717) is 23.3 Å². The lowest BCUT2D eigenvalue weighted by atomic mass is 9.88. The van der Waals surface area contributed by atoms with Gasteiger partial charge in [-0.15, -0.1) is 0 Å². The van der Waals surface area contributed by atoms with Crippen molar-refractivity contribution in [3.05, 3.63) is 55.1 Å². The summed E-state index contributed by atoms with van der Waals surface area (Å²) in [6, 6.07) is 10.1. The van der Waals surface area contributed by atoms with E-state index >= 15 is 0 Å². The van der Waals surface area contributed by atoms with Gasteiger partial charge in [-0.3, -0.25) is 25.3 Å². The number of aromatic nitrogens is 5. The Kier molecular flexibility index (Phi) is 4.26. The molecule has 4 aromatic rings. The Bertz CT molecular complexity index is 1410. The van der Waals surface area contributed by atoms with Crippen molar-refractivity contribution < 1.29 is 0 Å². The topological polar surface area (TPSA) is 111 Å². The van der Waals surface area contributed by atoms with E-state index in [2.05, 4.69) is 32.8 Å². The molecule has 2 aliphatic heterocycles. The summed E-state index contributed by atoms with van der Waals surface area (Å²) in [6.45, 7) is 2.93. The van der Waals surface area contributed by atoms with E-state index in [0.717, 1.165) is 48.1 Å². The normalized spacial score (nSPS) is 19.6. The van der Waals surface area contributed by atoms with Crippen LogP contribution in [0.25, 0.3) is 28.2 Å². The van der Waals surface area contributed by atoms with Gasteiger partial charge in [0.25, 0.3) is 0 Å². The third-order valence-corrected chi connectivity index (χ3v) is 6.84. The Morgan fingerprint density at radius 1 is 1.15 bits per heavy atom. The van der Waals surface area contributed by atoms with Gasteiger partial charge >= 0.3 is 0 Å². The first-order chi connectivity index (χ1) is 16.2. The van der Waals surface area contributed by atoms with Crippen LogP contribution in [0.2, 0.25) is 0 Å². The second kappa shape index (κ2) is 7.19. The van der Waals surface area contributed by atoms with Crippen LogP contribution in [0.15, 0.2) is 55.1 Å². The van der Waals surface area contributed by atoms with Crippen molar-refractivity contribution >= 4 is 34.6 Å². The summed E-state index contributed by atoms with van der Waals surface area (Å²) in [4.78, 5) is 22.5. The zero-order chi connectivity index (χ0) is 22.6. The number of hydrogen-bond acceptors (Lipinski definition) is 7. The fourth-order valence-electron chi connectivity index (χ4n) is 5.16. The number of anilines is 2. The highest BCUT2D eigenvalue weighted by Gasteiger charge is 2.50. The molecule has 6 rings (SSSR count). The van der Waals surface area contributed by atoms with Gasteiger partial charge in [-0.1, -0.05) is 25.1 Å². The van der Waals surface area contributed by atoms with Crippen LogP contribution in [0.5, 0.6) is 0 Å². The van der Waals surface area contributed by atoms with Crippen molar-refractivity contribution in [3.63, 3.8) is 0 Å². The molecule has 0 bridgehead atoms. The van der Waals surface area contributed by atoms with Gasteiger partial charge in [0.2, 0.25) is 5.95 Å². The zero-order valence-electron chi connectivity index (χ0n) is 18.2. The number of amidine groups is 1. The predicted molar refractivity (Wildman–Crippen MR) is 128 cm³/mol. The molecule has 5 heterocycles. The van der Waals surface area contributed by atoms with Gasteiger partial charge < -0.3 is 4.90 Å². The lowest BCUT2D eigenvalue weighted by molar-refractivity contribution is 0.525. The van der Waals surface area contributed by atoms with Crippen LogP contribution in [0.4, 0.5) is 11.5 Å². The van der Waals surface area contributed by atoms with Crippen LogP contribution < -0.4 is 9.80 Å². The summed E-state index contributed by atoms with van der Waals surface area (Å²) in [6.07, 6.45) is 11.0. The van der Waals surface area contributed by atoms with E-state index in [4.69, 9.17) is 15.8 Å². The predicted octanol–water partition coefficient (Wildman–Crippen LogP) is 4.03. The van der Waals surface area contributed by atoms with Crippen LogP contribution in [0.1, 0.15) is 26.2 Å². The Hall–Kier alpha value is -4.14. The Balaban J connectivity index is 1.49. The Morgan fingerprint density at radius 2 is 2.03 bits per heavy atom. The number of benzene rings is 1. The van der Waals surface area contributed by atoms with Crippen molar-refractivity contribution in [2.75, 3.05) is 16.3 Å². The third-order valence-electron chi connectivity index (χ3n) is 6.84. The summed E-state index contributed by atoms with van der Waals surface area (Å²) < 4.78 is 1.87. The highest BCUT2D eigenvalue weighted by molar-refractivity contribution is 6.18. The molecule has 0 spiro atoms. The van der Waals surface area contributed by atoms with E-state index < -0.39 is 5.54 Å². The highest BCUT2D eigenvalue weighted by Crippen LogP contribution is 2.46. The largest absolute Gasteiger partial charge is 0.342 e. The molecule has 0 saturated carbocycles. The second-order valence-electron chi connectivity index (χ2n) is 8.40. The molecular weight excluding hydrogens is 414 g/mol. The fourth-order valence-corrected chi connectivity index (χ4v) is 5.16. The van der Waals surface area contributed by atoms with Crippen LogP contribution in [-0.2, 0) is 0 Å². The van der Waals surface area contributed by atoms with Gasteiger partial charge in [0.15, 0.2) is 5.82 Å². The van der Waals surface area contributed by atoms with Gasteiger partial charge in [0.05, 0.1) is 23.6 Å². The molecule has 2 aliphatic rings. The number of nitrogens with zero attached hydrogens (tertiary/aromatic N) is 7. The van der Waals surface area contributed by atoms with E-state index in [1.54, 1.807) is 17.3 Å². The Morgan fingerprint density at radius 3 is 2.88 bits per heavy atom. The fraction of sp³-hybridized carbons (Fsp3) is 0.250. The maximum atomic E-state index is 8.81. The SMILES string of the molecule is CC[C@@]12CCCN1c1nc(-n3ccnc3-c3cnc4ccccc4c3)ncc1N(C=N)C2=N. The number of rotatable bonds is 4. The number of hydrogen-bond donors (Lipinski definition) is 2. The van der Waals surface area contributed by atoms with Crippen LogP contribution >= 0.6 is 0 Å². The molecule has 0 radical (unpaired) electrons. The standard InChI is InChI=1S/C24H23N9/c1-2-24-8-5-10-33(24)21-19(32(15-25)22(24)26)14-29-23(30-21)31-11-9-27-20(31)17-12-16-6-3-4-7-18(16)28-13-17/h3-4,6-7,9,11-15,25-26H,2,5,8,10H2,1H3/t24-/m0/s1. The molecule has 33 heavy (non-hydrogen) atoms. The summed E-state index contributed by atoms with van der Waals surface area (Å²) >= 11 is 0. The number of fused-ring (bicyclic) bond motifs is 4. The first kappa shape index (κ1) is 19.5. The maximum absolute atomic E-state index is 8.81. The summed E-state index contributed by atoms with van der Waals surface area (Å²) in [7, 11) is 0. The monoisotopic (exact) mass is 437 g/mol. The van der Waals surface area contributed by atoms with Gasteiger partial charge in [-0.25, -0.2) is 9.97 Å². The number of pyridine rings is 1. The van der Waals surface area contributed by atoms with E-state index in [-0.39, 0.29) is 0 Å². The summed E-state index contributed by atoms with van der Waals surface area (Å²) in [5.41, 5.74) is 2.05. The van der Waals surface area contributed by atoms with Gasteiger partial charge in [-0.2, -0.15) is 4.98 Å². The molecule has 1 fully saturated rings. The molecule has 1 aromatic carbocycles. The van der Waals surface area contributed by atoms with E-state index in [9.17, 15) is 0 Å². The summed E-state index contributed by atoms with van der Waals surface area (Å²) in [5, 5.41) is 17.8. The molecule has 2 N–H and O–H groups in total.